The van der Waals surface area contributed by atoms with Crippen LogP contribution in [-0.2, 0) is 14.3 Å². The van der Waals surface area contributed by atoms with Gasteiger partial charge < -0.3 is 19.5 Å². The molecule has 9 heteroatoms. The van der Waals surface area contributed by atoms with Gasteiger partial charge in [0.15, 0.2) is 6.04 Å². The summed E-state index contributed by atoms with van der Waals surface area (Å²) in [7, 11) is 0. The minimum Gasteiger partial charge on any atom is -0.480 e. The Hall–Kier alpha value is -2.29. The number of amides is 1. The first-order chi connectivity index (χ1) is 11.8. The molecule has 136 valence electrons. The van der Waals surface area contributed by atoms with E-state index in [1.165, 1.54) is 23.1 Å². The Morgan fingerprint density at radius 1 is 1.28 bits per heavy atom. The van der Waals surface area contributed by atoms with Crippen LogP contribution in [0.2, 0.25) is 0 Å². The van der Waals surface area contributed by atoms with Crippen molar-refractivity contribution in [3.8, 4) is 5.75 Å². The molecule has 2 fully saturated rings. The molecule has 1 aliphatic heterocycles. The normalized spacial score (nSPS) is 26.2. The summed E-state index contributed by atoms with van der Waals surface area (Å²) < 4.78 is 46.7. The van der Waals surface area contributed by atoms with E-state index < -0.39 is 30.2 Å². The average Bonchev–Trinajstić information content (AvgIpc) is 3.33. The second-order valence-electron chi connectivity index (χ2n) is 5.99. The summed E-state index contributed by atoms with van der Waals surface area (Å²) in [5.74, 6) is -2.82. The van der Waals surface area contributed by atoms with Crippen LogP contribution in [0.5, 0.6) is 5.75 Å². The zero-order valence-electron chi connectivity index (χ0n) is 13.0. The topological polar surface area (TPSA) is 76.1 Å². The van der Waals surface area contributed by atoms with Gasteiger partial charge in [0, 0.05) is 12.5 Å². The van der Waals surface area contributed by atoms with E-state index in [0.717, 1.165) is 0 Å². The van der Waals surface area contributed by atoms with E-state index in [1.807, 2.05) is 0 Å². The predicted octanol–water partition coefficient (Wildman–Crippen LogP) is 2.00. The minimum atomic E-state index is -4.82. The van der Waals surface area contributed by atoms with E-state index in [4.69, 9.17) is 4.74 Å². The molecule has 0 radical (unpaired) electrons. The fourth-order valence-corrected chi connectivity index (χ4v) is 3.10. The number of morpholine rings is 1. The number of nitrogens with zero attached hydrogens (tertiary/aromatic N) is 1. The molecule has 0 spiro atoms. The van der Waals surface area contributed by atoms with Gasteiger partial charge in [-0.1, -0.05) is 18.2 Å². The van der Waals surface area contributed by atoms with Crippen LogP contribution in [0.1, 0.15) is 17.9 Å². The number of benzene rings is 1. The van der Waals surface area contributed by atoms with Crippen molar-refractivity contribution in [2.24, 2.45) is 5.92 Å². The molecule has 25 heavy (non-hydrogen) atoms. The van der Waals surface area contributed by atoms with Gasteiger partial charge in [-0.15, -0.1) is 13.2 Å². The van der Waals surface area contributed by atoms with E-state index in [9.17, 15) is 27.9 Å². The first kappa shape index (κ1) is 17.5. The van der Waals surface area contributed by atoms with Gasteiger partial charge in [-0.05, 0) is 24.0 Å². The summed E-state index contributed by atoms with van der Waals surface area (Å²) in [6.45, 7) is 0.298. The lowest BCUT2D eigenvalue weighted by Crippen LogP contribution is -2.53. The Bertz CT molecular complexity index is 678. The molecule has 1 aliphatic carbocycles. The van der Waals surface area contributed by atoms with Crippen molar-refractivity contribution in [2.45, 2.75) is 24.7 Å². The average molecular weight is 359 g/mol. The number of ether oxygens (including phenoxy) is 2. The molecule has 1 aromatic carbocycles. The highest BCUT2D eigenvalue weighted by atomic mass is 19.4. The van der Waals surface area contributed by atoms with Crippen LogP contribution in [0, 0.1) is 5.92 Å². The lowest BCUT2D eigenvalue weighted by atomic mass is 10.1. The summed E-state index contributed by atoms with van der Waals surface area (Å²) in [5, 5.41) is 9.20. The SMILES string of the molecule is O=C(O)C1COCCN1C(=O)C1CC1c1ccccc1OC(F)(F)F. The standard InChI is InChI=1S/C16H16F3NO5/c17-16(18,19)25-13-4-2-1-3-9(13)10-7-11(10)14(21)20-5-6-24-8-12(20)15(22)23/h1-4,10-12H,5-8H2,(H,22,23). The lowest BCUT2D eigenvalue weighted by Gasteiger charge is -2.33. The lowest BCUT2D eigenvalue weighted by molar-refractivity contribution is -0.274. The highest BCUT2D eigenvalue weighted by molar-refractivity contribution is 5.88. The molecular weight excluding hydrogens is 343 g/mol. The van der Waals surface area contributed by atoms with Crippen molar-refractivity contribution in [1.29, 1.82) is 0 Å². The maximum absolute atomic E-state index is 12.6. The summed E-state index contributed by atoms with van der Waals surface area (Å²) >= 11 is 0. The molecule has 1 saturated heterocycles. The molecule has 1 amide bonds. The number of halogens is 3. The van der Waals surface area contributed by atoms with Gasteiger partial charge in [-0.2, -0.15) is 0 Å². The zero-order valence-corrected chi connectivity index (χ0v) is 13.0. The monoisotopic (exact) mass is 359 g/mol. The molecule has 2 aliphatic rings. The first-order valence-corrected chi connectivity index (χ1v) is 7.73. The van der Waals surface area contributed by atoms with Crippen LogP contribution in [0.15, 0.2) is 24.3 Å². The van der Waals surface area contributed by atoms with Crippen LogP contribution in [0.4, 0.5) is 13.2 Å². The number of carbonyl (C=O) groups is 2. The van der Waals surface area contributed by atoms with Crippen molar-refractivity contribution in [1.82, 2.24) is 4.90 Å². The molecule has 3 rings (SSSR count). The summed E-state index contributed by atoms with van der Waals surface area (Å²) in [5.41, 5.74) is 0.304. The Kier molecular flexibility index (Phi) is 4.59. The highest BCUT2D eigenvalue weighted by Gasteiger charge is 2.49. The van der Waals surface area contributed by atoms with Gasteiger partial charge in [0.2, 0.25) is 5.91 Å². The van der Waals surface area contributed by atoms with Crippen LogP contribution in [-0.4, -0.2) is 54.0 Å². The second kappa shape index (κ2) is 6.55. The second-order valence-corrected chi connectivity index (χ2v) is 5.99. The quantitative estimate of drug-likeness (QED) is 0.890. The number of carboxylic acids is 1. The maximum Gasteiger partial charge on any atom is 0.573 e. The van der Waals surface area contributed by atoms with Gasteiger partial charge in [0.25, 0.3) is 0 Å². The third-order valence-electron chi connectivity index (χ3n) is 4.35. The zero-order chi connectivity index (χ0) is 18.2. The fraction of sp³-hybridized carbons (Fsp3) is 0.500. The molecule has 1 saturated carbocycles. The summed E-state index contributed by atoms with van der Waals surface area (Å²) in [6, 6.07) is 4.63. The molecule has 1 N–H and O–H groups in total. The van der Waals surface area contributed by atoms with Crippen LogP contribution < -0.4 is 4.74 Å². The molecule has 3 unspecified atom stereocenters. The van der Waals surface area contributed by atoms with Gasteiger partial charge in [-0.3, -0.25) is 4.79 Å². The number of rotatable bonds is 4. The first-order valence-electron chi connectivity index (χ1n) is 7.73. The molecule has 3 atom stereocenters. The van der Waals surface area contributed by atoms with E-state index >= 15 is 0 Å². The van der Waals surface area contributed by atoms with E-state index in [-0.39, 0.29) is 31.4 Å². The molecule has 1 aromatic rings. The number of hydrogen-bond donors (Lipinski definition) is 1. The number of carboxylic acid groups (broad SMARTS) is 1. The van der Waals surface area contributed by atoms with Crippen LogP contribution >= 0.6 is 0 Å². The van der Waals surface area contributed by atoms with Crippen LogP contribution in [0.25, 0.3) is 0 Å². The molecular formula is C16H16F3NO5. The van der Waals surface area contributed by atoms with Crippen molar-refractivity contribution >= 4 is 11.9 Å². The van der Waals surface area contributed by atoms with Gasteiger partial charge in [0.05, 0.1) is 13.2 Å². The molecule has 6 nitrogen and oxygen atoms in total. The van der Waals surface area contributed by atoms with Crippen LogP contribution in [0.3, 0.4) is 0 Å². The highest BCUT2D eigenvalue weighted by Crippen LogP contribution is 2.52. The van der Waals surface area contributed by atoms with Crippen molar-refractivity contribution < 1.29 is 37.3 Å². The van der Waals surface area contributed by atoms with E-state index in [1.54, 1.807) is 6.07 Å². The van der Waals surface area contributed by atoms with Crippen molar-refractivity contribution in [3.63, 3.8) is 0 Å². The molecule has 0 bridgehead atoms. The largest absolute Gasteiger partial charge is 0.573 e. The summed E-state index contributed by atoms with van der Waals surface area (Å²) in [4.78, 5) is 25.1. The summed E-state index contributed by atoms with van der Waals surface area (Å²) in [6.07, 6.45) is -4.45. The minimum absolute atomic E-state index is 0.0910. The predicted molar refractivity (Wildman–Crippen MR) is 77.9 cm³/mol. The van der Waals surface area contributed by atoms with E-state index in [2.05, 4.69) is 4.74 Å². The molecule has 1 heterocycles. The van der Waals surface area contributed by atoms with Gasteiger partial charge in [-0.25, -0.2) is 4.79 Å². The van der Waals surface area contributed by atoms with Gasteiger partial charge >= 0.3 is 12.3 Å². The Morgan fingerprint density at radius 2 is 2.00 bits per heavy atom. The Morgan fingerprint density at radius 3 is 2.68 bits per heavy atom. The van der Waals surface area contributed by atoms with Crippen molar-refractivity contribution in [2.75, 3.05) is 19.8 Å². The smallest absolute Gasteiger partial charge is 0.480 e. The van der Waals surface area contributed by atoms with Crippen molar-refractivity contribution in [3.05, 3.63) is 29.8 Å². The number of carbonyl (C=O) groups excluding carboxylic acids is 1. The number of aliphatic carboxylic acids is 1. The number of hydrogen-bond acceptors (Lipinski definition) is 4. The number of para-hydroxylation sites is 1. The van der Waals surface area contributed by atoms with E-state index in [0.29, 0.717) is 12.0 Å². The third kappa shape index (κ3) is 3.87. The number of alkyl halides is 3. The third-order valence-corrected chi connectivity index (χ3v) is 4.35. The van der Waals surface area contributed by atoms with Gasteiger partial charge in [0.1, 0.15) is 5.75 Å². The maximum atomic E-state index is 12.6. The molecule has 0 aromatic heterocycles. The Labute approximate surface area is 141 Å². The fourth-order valence-electron chi connectivity index (χ4n) is 3.10. The Balaban J connectivity index is 1.74.